The fourth-order valence-corrected chi connectivity index (χ4v) is 1.98. The molecule has 0 atom stereocenters. The number of nitrogens with one attached hydrogen (secondary N) is 1. The molecule has 0 aliphatic heterocycles. The van der Waals surface area contributed by atoms with Crippen molar-refractivity contribution >= 4 is 17.6 Å². The molecule has 0 fully saturated rings. The number of carbonyl (C=O) groups excluding carboxylic acids is 2. The van der Waals surface area contributed by atoms with Gasteiger partial charge in [0.15, 0.2) is 0 Å². The van der Waals surface area contributed by atoms with Crippen LogP contribution in [0.3, 0.4) is 0 Å². The van der Waals surface area contributed by atoms with Gasteiger partial charge in [-0.15, -0.1) is 0 Å². The Kier molecular flexibility index (Phi) is 5.23. The Morgan fingerprint density at radius 2 is 1.67 bits per heavy atom. The number of ether oxygens (including phenoxy) is 1. The molecule has 0 aliphatic rings. The van der Waals surface area contributed by atoms with E-state index in [2.05, 4.69) is 5.32 Å². The average molecular weight is 337 g/mol. The third kappa shape index (κ3) is 4.58. The smallest absolute Gasteiger partial charge is 0.416 e. The average Bonchev–Trinajstić information content (AvgIpc) is 2.52. The summed E-state index contributed by atoms with van der Waals surface area (Å²) in [5.41, 5.74) is 0.129. The molecule has 7 heteroatoms. The Morgan fingerprint density at radius 3 is 2.25 bits per heavy atom. The summed E-state index contributed by atoms with van der Waals surface area (Å²) in [5.74, 6) is -1.02. The fourth-order valence-electron chi connectivity index (χ4n) is 1.98. The molecule has 0 radical (unpaired) electrons. The first kappa shape index (κ1) is 17.5. The number of alkyl halides is 3. The van der Waals surface area contributed by atoms with Gasteiger partial charge in [-0.3, -0.25) is 4.79 Å². The molecule has 0 bridgehead atoms. The maximum atomic E-state index is 12.5. The summed E-state index contributed by atoms with van der Waals surface area (Å²) in [6.07, 6.45) is -4.41. The number of halogens is 3. The fraction of sp³-hybridized carbons (Fsp3) is 0.176. The summed E-state index contributed by atoms with van der Waals surface area (Å²) >= 11 is 0. The maximum Gasteiger partial charge on any atom is 0.416 e. The van der Waals surface area contributed by atoms with Crippen LogP contribution in [0, 0.1) is 0 Å². The molecule has 2 aromatic rings. The SMILES string of the molecule is CC(=O)Nc1ccccc1C(=O)OCc1ccc(C(F)(F)F)cc1. The van der Waals surface area contributed by atoms with Crippen LogP contribution >= 0.6 is 0 Å². The summed E-state index contributed by atoms with van der Waals surface area (Å²) in [6, 6.07) is 10.6. The number of carbonyl (C=O) groups is 2. The van der Waals surface area contributed by atoms with Crippen LogP contribution in [0.1, 0.15) is 28.4 Å². The number of rotatable bonds is 4. The van der Waals surface area contributed by atoms with Crippen molar-refractivity contribution in [2.45, 2.75) is 19.7 Å². The molecule has 1 N–H and O–H groups in total. The summed E-state index contributed by atoms with van der Waals surface area (Å²) in [7, 11) is 0. The molecular formula is C17H14F3NO3. The highest BCUT2D eigenvalue weighted by Crippen LogP contribution is 2.29. The molecule has 2 aromatic carbocycles. The van der Waals surface area contributed by atoms with E-state index >= 15 is 0 Å². The van der Waals surface area contributed by atoms with Gasteiger partial charge in [-0.2, -0.15) is 13.2 Å². The van der Waals surface area contributed by atoms with Gasteiger partial charge < -0.3 is 10.1 Å². The van der Waals surface area contributed by atoms with Gasteiger partial charge in [0, 0.05) is 6.92 Å². The quantitative estimate of drug-likeness (QED) is 0.857. The van der Waals surface area contributed by atoms with E-state index < -0.39 is 17.7 Å². The number of amides is 1. The first-order valence-corrected chi connectivity index (χ1v) is 6.97. The van der Waals surface area contributed by atoms with E-state index in [0.717, 1.165) is 12.1 Å². The summed E-state index contributed by atoms with van der Waals surface area (Å²) in [5, 5.41) is 2.51. The van der Waals surface area contributed by atoms with E-state index in [0.29, 0.717) is 11.3 Å². The Balaban J connectivity index is 2.05. The molecule has 1 amide bonds. The minimum absolute atomic E-state index is 0.166. The van der Waals surface area contributed by atoms with Gasteiger partial charge in [-0.05, 0) is 29.8 Å². The van der Waals surface area contributed by atoms with Gasteiger partial charge in [0.2, 0.25) is 5.91 Å². The van der Waals surface area contributed by atoms with Crippen LogP contribution in [-0.4, -0.2) is 11.9 Å². The van der Waals surface area contributed by atoms with Crippen LogP contribution in [0.25, 0.3) is 0 Å². The van der Waals surface area contributed by atoms with Gasteiger partial charge in [0.1, 0.15) is 6.61 Å². The van der Waals surface area contributed by atoms with Crippen LogP contribution in [0.4, 0.5) is 18.9 Å². The van der Waals surface area contributed by atoms with Crippen LogP contribution in [0.2, 0.25) is 0 Å². The van der Waals surface area contributed by atoms with Crippen molar-refractivity contribution in [1.82, 2.24) is 0 Å². The number of esters is 1. The predicted octanol–water partition coefficient (Wildman–Crippen LogP) is 4.02. The first-order valence-electron chi connectivity index (χ1n) is 6.97. The van der Waals surface area contributed by atoms with E-state index in [1.54, 1.807) is 18.2 Å². The minimum atomic E-state index is -4.41. The van der Waals surface area contributed by atoms with Crippen molar-refractivity contribution in [2.75, 3.05) is 5.32 Å². The zero-order chi connectivity index (χ0) is 17.7. The second-order valence-corrected chi connectivity index (χ2v) is 5.00. The summed E-state index contributed by atoms with van der Waals surface area (Å²) in [4.78, 5) is 23.2. The van der Waals surface area contributed by atoms with Crippen molar-refractivity contribution in [1.29, 1.82) is 0 Å². The highest BCUT2D eigenvalue weighted by Gasteiger charge is 2.29. The minimum Gasteiger partial charge on any atom is -0.457 e. The Hall–Kier alpha value is -2.83. The van der Waals surface area contributed by atoms with Crippen molar-refractivity contribution in [2.24, 2.45) is 0 Å². The Morgan fingerprint density at radius 1 is 1.04 bits per heavy atom. The highest BCUT2D eigenvalue weighted by molar-refractivity contribution is 6.00. The Labute approximate surface area is 136 Å². The lowest BCUT2D eigenvalue weighted by atomic mass is 10.1. The van der Waals surface area contributed by atoms with Crippen LogP contribution in [-0.2, 0) is 22.3 Å². The summed E-state index contributed by atoms with van der Waals surface area (Å²) in [6.45, 7) is 1.13. The van der Waals surface area contributed by atoms with Crippen LogP contribution in [0.15, 0.2) is 48.5 Å². The second-order valence-electron chi connectivity index (χ2n) is 5.00. The van der Waals surface area contributed by atoms with Crippen molar-refractivity contribution < 1.29 is 27.5 Å². The standard InChI is InChI=1S/C17H14F3NO3/c1-11(22)21-15-5-3-2-4-14(15)16(23)24-10-12-6-8-13(9-7-12)17(18,19)20/h2-9H,10H2,1H3,(H,21,22). The molecule has 24 heavy (non-hydrogen) atoms. The molecule has 0 saturated carbocycles. The van der Waals surface area contributed by atoms with Gasteiger partial charge in [-0.1, -0.05) is 24.3 Å². The molecule has 0 aromatic heterocycles. The second kappa shape index (κ2) is 7.16. The lowest BCUT2D eigenvalue weighted by molar-refractivity contribution is -0.137. The molecule has 0 spiro atoms. The molecule has 0 aliphatic carbocycles. The molecule has 0 heterocycles. The van der Waals surface area contributed by atoms with Gasteiger partial charge >= 0.3 is 12.1 Å². The van der Waals surface area contributed by atoms with E-state index in [9.17, 15) is 22.8 Å². The molecular weight excluding hydrogens is 323 g/mol. The maximum absolute atomic E-state index is 12.5. The van der Waals surface area contributed by atoms with E-state index in [-0.39, 0.29) is 18.1 Å². The largest absolute Gasteiger partial charge is 0.457 e. The van der Waals surface area contributed by atoms with Crippen molar-refractivity contribution in [3.05, 3.63) is 65.2 Å². The molecule has 0 unspecified atom stereocenters. The van der Waals surface area contributed by atoms with Crippen LogP contribution in [0.5, 0.6) is 0 Å². The van der Waals surface area contributed by atoms with Gasteiger partial charge in [0.05, 0.1) is 16.8 Å². The molecule has 126 valence electrons. The van der Waals surface area contributed by atoms with Crippen molar-refractivity contribution in [3.63, 3.8) is 0 Å². The molecule has 2 rings (SSSR count). The molecule has 0 saturated heterocycles. The summed E-state index contributed by atoms with van der Waals surface area (Å²) < 4.78 is 42.5. The normalized spacial score (nSPS) is 11.0. The monoisotopic (exact) mass is 337 g/mol. The van der Waals surface area contributed by atoms with Crippen LogP contribution < -0.4 is 5.32 Å². The number of benzene rings is 2. The Bertz CT molecular complexity index is 739. The third-order valence-electron chi connectivity index (χ3n) is 3.11. The highest BCUT2D eigenvalue weighted by atomic mass is 19.4. The number of anilines is 1. The van der Waals surface area contributed by atoms with Gasteiger partial charge in [0.25, 0.3) is 0 Å². The predicted molar refractivity (Wildman–Crippen MR) is 81.3 cm³/mol. The lowest BCUT2D eigenvalue weighted by Crippen LogP contribution is -2.13. The topological polar surface area (TPSA) is 55.4 Å². The van der Waals surface area contributed by atoms with Crippen molar-refractivity contribution in [3.8, 4) is 0 Å². The molecule has 4 nitrogen and oxygen atoms in total. The van der Waals surface area contributed by atoms with E-state index in [1.165, 1.54) is 25.1 Å². The third-order valence-corrected chi connectivity index (χ3v) is 3.11. The van der Waals surface area contributed by atoms with E-state index in [4.69, 9.17) is 4.74 Å². The zero-order valence-corrected chi connectivity index (χ0v) is 12.7. The van der Waals surface area contributed by atoms with Gasteiger partial charge in [-0.25, -0.2) is 4.79 Å². The number of para-hydroxylation sites is 1. The lowest BCUT2D eigenvalue weighted by Gasteiger charge is -2.11. The first-order chi connectivity index (χ1) is 11.3. The number of hydrogen-bond donors (Lipinski definition) is 1. The zero-order valence-electron chi connectivity index (χ0n) is 12.7. The number of hydrogen-bond acceptors (Lipinski definition) is 3. The van der Waals surface area contributed by atoms with E-state index in [1.807, 2.05) is 0 Å².